The lowest BCUT2D eigenvalue weighted by molar-refractivity contribution is 0.549. The zero-order chi connectivity index (χ0) is 12.1. The van der Waals surface area contributed by atoms with Crippen molar-refractivity contribution < 1.29 is 0 Å². The lowest BCUT2D eigenvalue weighted by atomic mass is 9.92. The summed E-state index contributed by atoms with van der Waals surface area (Å²) >= 11 is 0. The summed E-state index contributed by atoms with van der Waals surface area (Å²) in [7, 11) is 0. The Bertz CT molecular complexity index is 111. The van der Waals surface area contributed by atoms with E-state index in [1.165, 1.54) is 77.0 Å². The quantitative estimate of drug-likeness (QED) is 0.342. The van der Waals surface area contributed by atoms with E-state index in [4.69, 9.17) is 0 Å². The van der Waals surface area contributed by atoms with E-state index >= 15 is 0 Å². The monoisotopic (exact) mass is 225 g/mol. The molecule has 0 saturated heterocycles. The number of unbranched alkanes of at least 4 members (excludes halogenated alkanes) is 6. The first-order chi connectivity index (χ1) is 7.85. The third-order valence-electron chi connectivity index (χ3n) is 3.34. The van der Waals surface area contributed by atoms with E-state index in [9.17, 15) is 0 Å². The minimum atomic E-state index is 1.34. The number of hydrogen-bond acceptors (Lipinski definition) is 0. The summed E-state index contributed by atoms with van der Waals surface area (Å²) in [6.07, 6.45) is 16.9. The summed E-state index contributed by atoms with van der Waals surface area (Å²) in [5.41, 5.74) is 0. The Hall–Kier alpha value is 0. The molecule has 16 heavy (non-hydrogen) atoms. The molecular formula is C16H33. The number of hydrogen-bond donors (Lipinski definition) is 0. The fourth-order valence-corrected chi connectivity index (χ4v) is 2.41. The van der Waals surface area contributed by atoms with Gasteiger partial charge in [-0.3, -0.25) is 0 Å². The van der Waals surface area contributed by atoms with Crippen molar-refractivity contribution in [3.05, 3.63) is 5.92 Å². The molecule has 0 aliphatic carbocycles. The standard InChI is InChI=1S/C16H33/c1-4-7-8-9-10-11-12-15-16(13-5-2)14-6-3/h4-15H2,1-3H3. The van der Waals surface area contributed by atoms with Gasteiger partial charge in [0.25, 0.3) is 0 Å². The van der Waals surface area contributed by atoms with Crippen molar-refractivity contribution in [1.29, 1.82) is 0 Å². The smallest absolute Gasteiger partial charge is 0.0241 e. The average Bonchev–Trinajstić information content (AvgIpc) is 2.28. The fraction of sp³-hybridized carbons (Fsp3) is 0.938. The molecule has 0 nitrogen and oxygen atoms in total. The largest absolute Gasteiger partial charge is 0.0654 e. The molecule has 0 aromatic carbocycles. The Balaban J connectivity index is 3.25. The van der Waals surface area contributed by atoms with Gasteiger partial charge >= 0.3 is 0 Å². The Morgan fingerprint density at radius 3 is 1.50 bits per heavy atom. The first-order valence-corrected chi connectivity index (χ1v) is 7.68. The van der Waals surface area contributed by atoms with Crippen LogP contribution in [-0.2, 0) is 0 Å². The molecule has 0 aromatic rings. The van der Waals surface area contributed by atoms with Gasteiger partial charge in [0.1, 0.15) is 0 Å². The molecule has 0 fully saturated rings. The zero-order valence-corrected chi connectivity index (χ0v) is 12.0. The van der Waals surface area contributed by atoms with E-state index in [1.54, 1.807) is 0 Å². The molecule has 0 amide bonds. The van der Waals surface area contributed by atoms with Crippen LogP contribution in [0.4, 0.5) is 0 Å². The Kier molecular flexibility index (Phi) is 13.1. The van der Waals surface area contributed by atoms with Crippen molar-refractivity contribution in [2.24, 2.45) is 0 Å². The molecule has 1 radical (unpaired) electrons. The van der Waals surface area contributed by atoms with E-state index in [-0.39, 0.29) is 0 Å². The lowest BCUT2D eigenvalue weighted by Crippen LogP contribution is -1.97. The molecule has 0 bridgehead atoms. The second-order valence-corrected chi connectivity index (χ2v) is 5.12. The first-order valence-electron chi connectivity index (χ1n) is 7.68. The van der Waals surface area contributed by atoms with Crippen molar-refractivity contribution in [3.63, 3.8) is 0 Å². The van der Waals surface area contributed by atoms with E-state index < -0.39 is 0 Å². The van der Waals surface area contributed by atoms with Gasteiger partial charge in [0.05, 0.1) is 0 Å². The predicted molar refractivity (Wildman–Crippen MR) is 75.7 cm³/mol. The summed E-state index contributed by atoms with van der Waals surface area (Å²) in [5.74, 6) is 1.83. The maximum Gasteiger partial charge on any atom is -0.0241 e. The van der Waals surface area contributed by atoms with Gasteiger partial charge in [0, 0.05) is 0 Å². The van der Waals surface area contributed by atoms with Gasteiger partial charge in [-0.05, 0) is 25.2 Å². The topological polar surface area (TPSA) is 0 Å². The fourth-order valence-electron chi connectivity index (χ4n) is 2.41. The van der Waals surface area contributed by atoms with Crippen molar-refractivity contribution >= 4 is 0 Å². The van der Waals surface area contributed by atoms with Gasteiger partial charge in [0.15, 0.2) is 0 Å². The van der Waals surface area contributed by atoms with Gasteiger partial charge in [0.2, 0.25) is 0 Å². The Labute approximate surface area is 104 Å². The molecule has 0 atom stereocenters. The first kappa shape index (κ1) is 16.0. The molecule has 0 N–H and O–H groups in total. The summed E-state index contributed by atoms with van der Waals surface area (Å²) in [5, 5.41) is 0. The van der Waals surface area contributed by atoms with E-state index in [2.05, 4.69) is 20.8 Å². The van der Waals surface area contributed by atoms with Crippen molar-refractivity contribution in [3.8, 4) is 0 Å². The summed E-state index contributed by atoms with van der Waals surface area (Å²) in [6.45, 7) is 6.90. The SMILES string of the molecule is CCCCCCCCC[C](CCC)CCC. The van der Waals surface area contributed by atoms with Crippen molar-refractivity contribution in [1.82, 2.24) is 0 Å². The predicted octanol–water partition coefficient (Wildman–Crippen LogP) is 6.30. The van der Waals surface area contributed by atoms with Crippen LogP contribution in [0.25, 0.3) is 0 Å². The second kappa shape index (κ2) is 13.1. The van der Waals surface area contributed by atoms with Gasteiger partial charge in [-0.1, -0.05) is 78.6 Å². The minimum absolute atomic E-state index is 1.34. The van der Waals surface area contributed by atoms with Crippen LogP contribution >= 0.6 is 0 Å². The summed E-state index contributed by atoms with van der Waals surface area (Å²) in [4.78, 5) is 0. The molecule has 0 aliphatic heterocycles. The minimum Gasteiger partial charge on any atom is -0.0654 e. The molecular weight excluding hydrogens is 192 g/mol. The van der Waals surface area contributed by atoms with Gasteiger partial charge in [-0.2, -0.15) is 0 Å². The highest BCUT2D eigenvalue weighted by atomic mass is 14.1. The molecule has 0 spiro atoms. The maximum absolute atomic E-state index is 2.31. The average molecular weight is 225 g/mol. The molecule has 0 heterocycles. The lowest BCUT2D eigenvalue weighted by Gasteiger charge is -2.14. The normalized spacial score (nSPS) is 11.2. The van der Waals surface area contributed by atoms with Gasteiger partial charge in [-0.15, -0.1) is 0 Å². The van der Waals surface area contributed by atoms with Crippen LogP contribution in [0.3, 0.4) is 0 Å². The van der Waals surface area contributed by atoms with Crippen LogP contribution in [0, 0.1) is 5.92 Å². The molecule has 0 unspecified atom stereocenters. The maximum atomic E-state index is 2.31. The molecule has 0 saturated carbocycles. The van der Waals surface area contributed by atoms with E-state index in [0.29, 0.717) is 0 Å². The molecule has 97 valence electrons. The highest BCUT2D eigenvalue weighted by Crippen LogP contribution is 2.23. The third-order valence-corrected chi connectivity index (χ3v) is 3.34. The third kappa shape index (κ3) is 10.5. The van der Waals surface area contributed by atoms with Crippen LogP contribution < -0.4 is 0 Å². The number of rotatable bonds is 12. The Morgan fingerprint density at radius 2 is 1.00 bits per heavy atom. The highest BCUT2D eigenvalue weighted by molar-refractivity contribution is 4.88. The van der Waals surface area contributed by atoms with Gasteiger partial charge in [-0.25, -0.2) is 0 Å². The van der Waals surface area contributed by atoms with Crippen LogP contribution in [0.15, 0.2) is 0 Å². The summed E-state index contributed by atoms with van der Waals surface area (Å²) < 4.78 is 0. The summed E-state index contributed by atoms with van der Waals surface area (Å²) in [6, 6.07) is 0. The molecule has 0 aliphatic rings. The van der Waals surface area contributed by atoms with E-state index in [1.807, 2.05) is 5.92 Å². The Morgan fingerprint density at radius 1 is 0.500 bits per heavy atom. The highest BCUT2D eigenvalue weighted by Gasteiger charge is 2.06. The van der Waals surface area contributed by atoms with Crippen molar-refractivity contribution in [2.75, 3.05) is 0 Å². The zero-order valence-electron chi connectivity index (χ0n) is 12.0. The van der Waals surface area contributed by atoms with Gasteiger partial charge < -0.3 is 0 Å². The molecule has 0 heteroatoms. The van der Waals surface area contributed by atoms with Crippen molar-refractivity contribution in [2.45, 2.75) is 97.8 Å². The van der Waals surface area contributed by atoms with Crippen LogP contribution in [0.5, 0.6) is 0 Å². The second-order valence-electron chi connectivity index (χ2n) is 5.12. The molecule has 0 rings (SSSR count). The van der Waals surface area contributed by atoms with Crippen LogP contribution in [0.1, 0.15) is 97.8 Å². The van der Waals surface area contributed by atoms with Crippen LogP contribution in [-0.4, -0.2) is 0 Å². The van der Waals surface area contributed by atoms with E-state index in [0.717, 1.165) is 0 Å². The van der Waals surface area contributed by atoms with Crippen LogP contribution in [0.2, 0.25) is 0 Å². The molecule has 0 aromatic heterocycles.